The van der Waals surface area contributed by atoms with Gasteiger partial charge in [0.25, 0.3) is 11.1 Å². The van der Waals surface area contributed by atoms with Crippen LogP contribution in [0, 0.1) is 0 Å². The highest BCUT2D eigenvalue weighted by Crippen LogP contribution is 2.14. The quantitative estimate of drug-likeness (QED) is 0.370. The normalized spacial score (nSPS) is 14.2. The largest absolute Gasteiger partial charge is 0.349 e. The van der Waals surface area contributed by atoms with Crippen molar-refractivity contribution in [2.24, 2.45) is 14.1 Å². The minimum atomic E-state index is -0.517. The zero-order valence-electron chi connectivity index (χ0n) is 20.3. The van der Waals surface area contributed by atoms with Gasteiger partial charge >= 0.3 is 5.69 Å². The smallest absolute Gasteiger partial charge is 0.332 e. The second kappa shape index (κ2) is 9.53. The van der Waals surface area contributed by atoms with Gasteiger partial charge in [0.2, 0.25) is 5.91 Å². The molecule has 0 radical (unpaired) electrons. The van der Waals surface area contributed by atoms with Gasteiger partial charge in [-0.2, -0.15) is 5.10 Å². The van der Waals surface area contributed by atoms with Crippen molar-refractivity contribution in [2.45, 2.75) is 32.5 Å². The summed E-state index contributed by atoms with van der Waals surface area (Å²) >= 11 is 0. The predicted molar refractivity (Wildman–Crippen MR) is 134 cm³/mol. The first kappa shape index (κ1) is 23.7. The zero-order chi connectivity index (χ0) is 25.4. The fraction of sp³-hybridized carbons (Fsp3) is 0.417. The molecule has 12 heteroatoms. The number of benzene rings is 1. The van der Waals surface area contributed by atoms with E-state index in [1.807, 2.05) is 18.2 Å². The Morgan fingerprint density at radius 3 is 2.44 bits per heavy atom. The van der Waals surface area contributed by atoms with Gasteiger partial charge in [-0.25, -0.2) is 14.5 Å². The van der Waals surface area contributed by atoms with Crippen molar-refractivity contribution in [3.63, 3.8) is 0 Å². The van der Waals surface area contributed by atoms with Crippen molar-refractivity contribution in [3.8, 4) is 0 Å². The minimum absolute atomic E-state index is 0.118. The van der Waals surface area contributed by atoms with Gasteiger partial charge < -0.3 is 14.8 Å². The molecular weight excluding hydrogens is 464 g/mol. The molecule has 1 N–H and O–H groups in total. The topological polar surface area (TPSA) is 129 Å². The molecule has 1 amide bonds. The third kappa shape index (κ3) is 4.24. The Bertz CT molecular complexity index is 1640. The molecule has 1 aromatic carbocycles. The Hall–Kier alpha value is -4.06. The summed E-state index contributed by atoms with van der Waals surface area (Å²) in [5.41, 5.74) is -0.168. The van der Waals surface area contributed by atoms with Crippen molar-refractivity contribution in [1.29, 1.82) is 0 Å². The Morgan fingerprint density at radius 1 is 0.972 bits per heavy atom. The number of imidazole rings is 1. The van der Waals surface area contributed by atoms with Gasteiger partial charge in [-0.05, 0) is 32.0 Å². The summed E-state index contributed by atoms with van der Waals surface area (Å²) in [5.74, 6) is -0.356. The van der Waals surface area contributed by atoms with E-state index in [0.29, 0.717) is 23.0 Å². The summed E-state index contributed by atoms with van der Waals surface area (Å²) in [6, 6.07) is 7.24. The van der Waals surface area contributed by atoms with Crippen molar-refractivity contribution < 1.29 is 4.79 Å². The molecule has 0 saturated carbocycles. The van der Waals surface area contributed by atoms with E-state index in [-0.39, 0.29) is 35.7 Å². The van der Waals surface area contributed by atoms with Gasteiger partial charge in [0.1, 0.15) is 6.54 Å². The van der Waals surface area contributed by atoms with Crippen LogP contribution in [-0.2, 0) is 38.5 Å². The summed E-state index contributed by atoms with van der Waals surface area (Å²) in [6.45, 7) is 3.26. The molecule has 1 fully saturated rings. The maximum absolute atomic E-state index is 13.0. The van der Waals surface area contributed by atoms with Gasteiger partial charge in [0.15, 0.2) is 11.2 Å². The van der Waals surface area contributed by atoms with E-state index >= 15 is 0 Å². The van der Waals surface area contributed by atoms with Crippen LogP contribution in [0.1, 0.15) is 18.5 Å². The standard InChI is InChI=1S/C24H28N8O4/c1-28-21-20(23(35)29(2)24(28)36)31(15-26-21)14-19(33)25-13-18-16-7-3-4-8-17(16)22(34)32(27-18)12-11-30-9-5-6-10-30/h3-4,7-8,15H,5-6,9-14H2,1-2H3,(H,25,33). The first-order valence-electron chi connectivity index (χ1n) is 11.9. The highest BCUT2D eigenvalue weighted by Gasteiger charge is 2.17. The summed E-state index contributed by atoms with van der Waals surface area (Å²) in [6.07, 6.45) is 3.72. The van der Waals surface area contributed by atoms with Crippen LogP contribution in [-0.4, -0.2) is 58.9 Å². The first-order chi connectivity index (χ1) is 17.3. The number of aromatic nitrogens is 6. The average Bonchev–Trinajstić information content (AvgIpc) is 3.55. The molecule has 12 nitrogen and oxygen atoms in total. The lowest BCUT2D eigenvalue weighted by Gasteiger charge is -2.16. The van der Waals surface area contributed by atoms with Crippen LogP contribution >= 0.6 is 0 Å². The number of carbonyl (C=O) groups is 1. The molecule has 1 aliphatic heterocycles. The van der Waals surface area contributed by atoms with Crippen LogP contribution in [0.5, 0.6) is 0 Å². The van der Waals surface area contributed by atoms with Crippen molar-refractivity contribution in [1.82, 2.24) is 38.7 Å². The van der Waals surface area contributed by atoms with Gasteiger partial charge in [0.05, 0.1) is 30.5 Å². The second-order valence-corrected chi connectivity index (χ2v) is 9.10. The van der Waals surface area contributed by atoms with E-state index in [9.17, 15) is 19.2 Å². The highest BCUT2D eigenvalue weighted by atomic mass is 16.2. The summed E-state index contributed by atoms with van der Waals surface area (Å²) in [5, 5.41) is 8.67. The van der Waals surface area contributed by atoms with Crippen LogP contribution in [0.25, 0.3) is 21.9 Å². The highest BCUT2D eigenvalue weighted by molar-refractivity contribution is 5.84. The van der Waals surface area contributed by atoms with Crippen LogP contribution in [0.3, 0.4) is 0 Å². The Labute approximate surface area is 205 Å². The fourth-order valence-corrected chi connectivity index (χ4v) is 4.74. The number of fused-ring (bicyclic) bond motifs is 2. The van der Waals surface area contributed by atoms with Gasteiger partial charge in [0, 0.05) is 26.0 Å². The number of carbonyl (C=O) groups excluding carboxylic acids is 1. The number of likely N-dealkylation sites (tertiary alicyclic amines) is 1. The van der Waals surface area contributed by atoms with E-state index in [1.54, 1.807) is 6.07 Å². The Balaban J connectivity index is 1.37. The number of nitrogens with zero attached hydrogens (tertiary/aromatic N) is 7. The molecular formula is C24H28N8O4. The molecule has 36 heavy (non-hydrogen) atoms. The minimum Gasteiger partial charge on any atom is -0.349 e. The molecule has 5 rings (SSSR count). The van der Waals surface area contributed by atoms with Gasteiger partial charge in [-0.15, -0.1) is 0 Å². The summed E-state index contributed by atoms with van der Waals surface area (Å²) < 4.78 is 5.16. The summed E-state index contributed by atoms with van der Waals surface area (Å²) in [7, 11) is 2.91. The maximum Gasteiger partial charge on any atom is 0.332 e. The number of rotatable bonds is 7. The lowest BCUT2D eigenvalue weighted by molar-refractivity contribution is -0.121. The van der Waals surface area contributed by atoms with Crippen LogP contribution < -0.4 is 22.1 Å². The lowest BCUT2D eigenvalue weighted by atomic mass is 10.1. The van der Waals surface area contributed by atoms with E-state index in [0.717, 1.165) is 24.2 Å². The molecule has 188 valence electrons. The molecule has 4 heterocycles. The molecule has 3 aromatic heterocycles. The van der Waals surface area contributed by atoms with Crippen molar-refractivity contribution >= 4 is 27.8 Å². The number of hydrogen-bond donors (Lipinski definition) is 1. The van der Waals surface area contributed by atoms with Gasteiger partial charge in [-0.3, -0.25) is 23.5 Å². The van der Waals surface area contributed by atoms with Crippen LogP contribution in [0.15, 0.2) is 45.0 Å². The first-order valence-corrected chi connectivity index (χ1v) is 11.9. The maximum atomic E-state index is 13.0. The van der Waals surface area contributed by atoms with Gasteiger partial charge in [-0.1, -0.05) is 18.2 Å². The van der Waals surface area contributed by atoms with Crippen LogP contribution in [0.4, 0.5) is 0 Å². The van der Waals surface area contributed by atoms with E-state index in [2.05, 4.69) is 20.3 Å². The zero-order valence-corrected chi connectivity index (χ0v) is 20.3. The molecule has 0 unspecified atom stereocenters. The third-order valence-electron chi connectivity index (χ3n) is 6.76. The lowest BCUT2D eigenvalue weighted by Crippen LogP contribution is -2.38. The number of nitrogens with one attached hydrogen (secondary N) is 1. The number of hydrogen-bond acceptors (Lipinski definition) is 7. The van der Waals surface area contributed by atoms with E-state index < -0.39 is 11.2 Å². The second-order valence-electron chi connectivity index (χ2n) is 9.10. The number of aryl methyl sites for hydroxylation is 1. The Kier molecular flexibility index (Phi) is 6.27. The van der Waals surface area contributed by atoms with Crippen molar-refractivity contribution in [3.05, 3.63) is 67.5 Å². The molecule has 1 saturated heterocycles. The Morgan fingerprint density at radius 2 is 1.69 bits per heavy atom. The molecule has 0 bridgehead atoms. The average molecular weight is 493 g/mol. The summed E-state index contributed by atoms with van der Waals surface area (Å²) in [4.78, 5) is 57.1. The molecule has 4 aromatic rings. The third-order valence-corrected chi connectivity index (χ3v) is 6.76. The molecule has 1 aliphatic rings. The van der Waals surface area contributed by atoms with Crippen LogP contribution in [0.2, 0.25) is 0 Å². The SMILES string of the molecule is Cn1c(=O)c2c(ncn2CC(=O)NCc2nn(CCN3CCCC3)c(=O)c3ccccc23)n(C)c1=O. The fourth-order valence-electron chi connectivity index (χ4n) is 4.74. The van der Waals surface area contributed by atoms with E-state index in [1.165, 1.54) is 47.1 Å². The molecule has 0 aliphatic carbocycles. The molecule has 0 atom stereocenters. The predicted octanol–water partition coefficient (Wildman–Crippen LogP) is -0.444. The van der Waals surface area contributed by atoms with Crippen molar-refractivity contribution in [2.75, 3.05) is 19.6 Å². The molecule has 0 spiro atoms. The monoisotopic (exact) mass is 492 g/mol. The number of amides is 1. The van der Waals surface area contributed by atoms with E-state index in [4.69, 9.17) is 0 Å².